The van der Waals surface area contributed by atoms with E-state index in [1.54, 1.807) is 6.20 Å². The summed E-state index contributed by atoms with van der Waals surface area (Å²) in [6.45, 7) is 6.44. The molecule has 1 aromatic rings. The topological polar surface area (TPSA) is 28.7 Å². The zero-order chi connectivity index (χ0) is 7.61. The van der Waals surface area contributed by atoms with Crippen LogP contribution in [0.4, 0.5) is 0 Å². The molecule has 1 aromatic heterocycles. The van der Waals surface area contributed by atoms with Gasteiger partial charge in [-0.05, 0) is 0 Å². The highest BCUT2D eigenvalue weighted by molar-refractivity contribution is 6.54. The van der Waals surface area contributed by atoms with E-state index in [0.717, 1.165) is 5.72 Å². The number of hydrogen-bond acceptors (Lipinski definition) is 1. The maximum absolute atomic E-state index is 4.09. The normalized spacial score (nSPS) is 11.5. The Morgan fingerprint density at radius 1 is 1.50 bits per heavy atom. The van der Waals surface area contributed by atoms with Crippen LogP contribution in [-0.4, -0.2) is 17.2 Å². The third kappa shape index (κ3) is 2.25. The van der Waals surface area contributed by atoms with Crippen molar-refractivity contribution in [2.24, 2.45) is 0 Å². The Morgan fingerprint density at radius 2 is 2.20 bits per heavy atom. The first-order valence-corrected chi connectivity index (χ1v) is 3.43. The van der Waals surface area contributed by atoms with Crippen molar-refractivity contribution < 1.29 is 0 Å². The van der Waals surface area contributed by atoms with E-state index >= 15 is 0 Å². The Bertz CT molecular complexity index is 186. The number of nitrogens with one attached hydrogen (secondary N) is 1. The Balaban J connectivity index is 2.57. The minimum atomic E-state index is 0.206. The molecule has 0 aliphatic carbocycles. The molecule has 10 heavy (non-hydrogen) atoms. The molecule has 1 N–H and O–H groups in total. The van der Waals surface area contributed by atoms with Crippen LogP contribution in [0.15, 0.2) is 12.4 Å². The summed E-state index contributed by atoms with van der Waals surface area (Å²) in [5.41, 5.74) is 0.951. The van der Waals surface area contributed by atoms with E-state index < -0.39 is 0 Å². The molecule has 0 unspecified atom stereocenters. The van der Waals surface area contributed by atoms with E-state index in [2.05, 4.69) is 38.0 Å². The van der Waals surface area contributed by atoms with Gasteiger partial charge in [-0.3, -0.25) is 4.98 Å². The summed E-state index contributed by atoms with van der Waals surface area (Å²) < 4.78 is 0. The molecular formula is C7H12BN2. The lowest BCUT2D eigenvalue weighted by Crippen LogP contribution is -2.26. The second kappa shape index (κ2) is 2.49. The summed E-state index contributed by atoms with van der Waals surface area (Å²) in [5, 5.41) is 0.206. The fraction of sp³-hybridized carbons (Fsp3) is 0.571. The van der Waals surface area contributed by atoms with Crippen LogP contribution in [0.5, 0.6) is 0 Å². The predicted molar refractivity (Wildman–Crippen MR) is 43.7 cm³/mol. The van der Waals surface area contributed by atoms with Gasteiger partial charge in [-0.2, -0.15) is 0 Å². The summed E-state index contributed by atoms with van der Waals surface area (Å²) >= 11 is 0. The van der Waals surface area contributed by atoms with Gasteiger partial charge >= 0.3 is 0 Å². The number of aromatic nitrogens is 2. The molecular weight excluding hydrogens is 123 g/mol. The van der Waals surface area contributed by atoms with E-state index in [4.69, 9.17) is 0 Å². The minimum absolute atomic E-state index is 0.206. The number of aromatic amines is 1. The van der Waals surface area contributed by atoms with Gasteiger partial charge in [0.25, 0.3) is 0 Å². The highest BCUT2D eigenvalue weighted by Crippen LogP contribution is 2.18. The summed E-state index contributed by atoms with van der Waals surface area (Å²) in [6, 6.07) is 0. The molecule has 0 fully saturated rings. The Hall–Kier alpha value is -0.725. The molecule has 0 aliphatic heterocycles. The molecule has 0 saturated carbocycles. The summed E-state index contributed by atoms with van der Waals surface area (Å²) in [6.07, 6.45) is 3.59. The Labute approximate surface area is 62.3 Å². The molecule has 0 atom stereocenters. The van der Waals surface area contributed by atoms with Crippen LogP contribution >= 0.6 is 0 Å². The molecule has 3 heteroatoms. The summed E-state index contributed by atoms with van der Waals surface area (Å²) in [5.74, 6) is 0. The quantitative estimate of drug-likeness (QED) is 0.570. The van der Waals surface area contributed by atoms with Gasteiger partial charge < -0.3 is 4.98 Å². The van der Waals surface area contributed by atoms with Gasteiger partial charge in [-0.1, -0.05) is 26.1 Å². The second-order valence-electron chi connectivity index (χ2n) is 3.48. The average Bonchev–Trinajstić information content (AvgIpc) is 2.12. The van der Waals surface area contributed by atoms with Crippen LogP contribution in [-0.2, 0) is 0 Å². The van der Waals surface area contributed by atoms with Crippen molar-refractivity contribution in [2.75, 3.05) is 0 Å². The van der Waals surface area contributed by atoms with Crippen LogP contribution in [0.2, 0.25) is 5.31 Å². The van der Waals surface area contributed by atoms with E-state index in [-0.39, 0.29) is 5.31 Å². The van der Waals surface area contributed by atoms with Gasteiger partial charge in [0, 0.05) is 12.4 Å². The largest absolute Gasteiger partial charge is 0.357 e. The van der Waals surface area contributed by atoms with Crippen molar-refractivity contribution in [3.05, 3.63) is 12.4 Å². The van der Waals surface area contributed by atoms with Crippen LogP contribution in [0.3, 0.4) is 0 Å². The molecule has 0 bridgehead atoms. The fourth-order valence-electron chi connectivity index (χ4n) is 0.767. The summed E-state index contributed by atoms with van der Waals surface area (Å²) in [7, 11) is 2.10. The summed E-state index contributed by atoms with van der Waals surface area (Å²) in [4.78, 5) is 7.12. The molecule has 2 nitrogen and oxygen atoms in total. The fourth-order valence-corrected chi connectivity index (χ4v) is 0.767. The van der Waals surface area contributed by atoms with E-state index in [9.17, 15) is 0 Å². The van der Waals surface area contributed by atoms with Crippen LogP contribution in [0.1, 0.15) is 20.8 Å². The molecule has 0 aliphatic rings. The smallest absolute Gasteiger partial charge is 0.207 e. The molecule has 53 valence electrons. The molecule has 1 rings (SSSR count). The first-order chi connectivity index (χ1) is 4.58. The van der Waals surface area contributed by atoms with Crippen molar-refractivity contribution in [2.45, 2.75) is 26.1 Å². The van der Waals surface area contributed by atoms with Crippen molar-refractivity contribution in [1.29, 1.82) is 0 Å². The van der Waals surface area contributed by atoms with Crippen LogP contribution in [0, 0.1) is 0 Å². The lowest BCUT2D eigenvalue weighted by atomic mass is 9.55. The number of nitrogens with zero attached hydrogens (tertiary/aromatic N) is 1. The number of hydrogen-bond donors (Lipinski definition) is 1. The highest BCUT2D eigenvalue weighted by atomic mass is 14.9. The minimum Gasteiger partial charge on any atom is -0.357 e. The third-order valence-electron chi connectivity index (χ3n) is 1.09. The molecule has 1 radical (unpaired) electrons. The second-order valence-corrected chi connectivity index (χ2v) is 3.48. The van der Waals surface area contributed by atoms with Crippen LogP contribution < -0.4 is 5.72 Å². The van der Waals surface area contributed by atoms with Crippen molar-refractivity contribution in [3.63, 3.8) is 0 Å². The lowest BCUT2D eigenvalue weighted by molar-refractivity contribution is 0.757. The van der Waals surface area contributed by atoms with Gasteiger partial charge in [-0.15, -0.1) is 0 Å². The Morgan fingerprint density at radius 3 is 2.60 bits per heavy atom. The lowest BCUT2D eigenvalue weighted by Gasteiger charge is -2.13. The first kappa shape index (κ1) is 7.38. The first-order valence-electron chi connectivity index (χ1n) is 3.43. The predicted octanol–water partition coefficient (Wildman–Crippen LogP) is 0.958. The number of rotatable bonds is 1. The molecule has 0 saturated heterocycles. The van der Waals surface area contributed by atoms with Gasteiger partial charge in [0.1, 0.15) is 0 Å². The molecule has 1 heterocycles. The van der Waals surface area contributed by atoms with Crippen LogP contribution in [0.25, 0.3) is 0 Å². The SMILES string of the molecule is CC(C)(C)[B]c1ncc[nH]1. The van der Waals surface area contributed by atoms with Gasteiger partial charge in [0.05, 0.1) is 5.72 Å². The number of imidazole rings is 1. The van der Waals surface area contributed by atoms with E-state index in [1.165, 1.54) is 0 Å². The maximum Gasteiger partial charge on any atom is 0.207 e. The van der Waals surface area contributed by atoms with Gasteiger partial charge in [0.2, 0.25) is 7.28 Å². The standard InChI is InChI=1S/C7H12BN2/c1-7(2,3)8-6-9-4-5-10-6/h4-5H,1-3H3,(H,9,10). The molecule has 0 spiro atoms. The number of H-pyrrole nitrogens is 1. The van der Waals surface area contributed by atoms with E-state index in [0.29, 0.717) is 0 Å². The third-order valence-corrected chi connectivity index (χ3v) is 1.09. The van der Waals surface area contributed by atoms with Crippen molar-refractivity contribution >= 4 is 13.0 Å². The zero-order valence-electron chi connectivity index (χ0n) is 6.68. The average molecular weight is 135 g/mol. The maximum atomic E-state index is 4.09. The van der Waals surface area contributed by atoms with E-state index in [1.807, 2.05) is 6.20 Å². The zero-order valence-corrected chi connectivity index (χ0v) is 6.68. The van der Waals surface area contributed by atoms with Gasteiger partial charge in [-0.25, -0.2) is 0 Å². The van der Waals surface area contributed by atoms with Crippen molar-refractivity contribution in [3.8, 4) is 0 Å². The highest BCUT2D eigenvalue weighted by Gasteiger charge is 2.14. The Kier molecular flexibility index (Phi) is 1.83. The monoisotopic (exact) mass is 135 g/mol. The van der Waals surface area contributed by atoms with Crippen molar-refractivity contribution in [1.82, 2.24) is 9.97 Å². The molecule has 0 amide bonds. The molecule has 0 aromatic carbocycles. The van der Waals surface area contributed by atoms with Gasteiger partial charge in [0.15, 0.2) is 0 Å².